The van der Waals surface area contributed by atoms with Gasteiger partial charge >= 0.3 is 0 Å². The molecule has 1 rings (SSSR count). The summed E-state index contributed by atoms with van der Waals surface area (Å²) in [5.74, 6) is 0.834. The molecule has 4 nitrogen and oxygen atoms in total. The van der Waals surface area contributed by atoms with E-state index in [4.69, 9.17) is 26.2 Å². The van der Waals surface area contributed by atoms with Crippen LogP contribution in [0.3, 0.4) is 0 Å². The van der Waals surface area contributed by atoms with E-state index in [0.717, 1.165) is 0 Å². The van der Waals surface area contributed by atoms with Crippen molar-refractivity contribution in [1.29, 1.82) is 0 Å². The van der Waals surface area contributed by atoms with Gasteiger partial charge in [-0.1, -0.05) is 17.7 Å². The van der Waals surface area contributed by atoms with Crippen LogP contribution < -0.4 is 9.47 Å². The molecule has 0 aliphatic heterocycles. The number of aliphatic hydroxyl groups excluding tert-OH is 2. The Kier molecular flexibility index (Phi) is 4.20. The molecule has 1 aromatic carbocycles. The second-order valence-corrected chi connectivity index (χ2v) is 3.28. The SMILES string of the molecule is COc1ccc(C(O)CO)c(Cl)c1OC. The van der Waals surface area contributed by atoms with Gasteiger partial charge < -0.3 is 19.7 Å². The van der Waals surface area contributed by atoms with E-state index >= 15 is 0 Å². The van der Waals surface area contributed by atoms with Gasteiger partial charge in [0.2, 0.25) is 0 Å². The van der Waals surface area contributed by atoms with Crippen molar-refractivity contribution in [1.82, 2.24) is 0 Å². The number of benzene rings is 1. The van der Waals surface area contributed by atoms with Crippen LogP contribution in [0.1, 0.15) is 11.7 Å². The molecule has 1 aromatic rings. The Balaban J connectivity index is 3.22. The summed E-state index contributed by atoms with van der Waals surface area (Å²) in [6.07, 6.45) is -1.02. The Morgan fingerprint density at radius 1 is 1.33 bits per heavy atom. The van der Waals surface area contributed by atoms with E-state index in [1.165, 1.54) is 14.2 Å². The standard InChI is InChI=1S/C10H13ClO4/c1-14-8-4-3-6(7(13)5-12)9(11)10(8)15-2/h3-4,7,12-13H,5H2,1-2H3. The van der Waals surface area contributed by atoms with Gasteiger partial charge in [-0.2, -0.15) is 0 Å². The van der Waals surface area contributed by atoms with Crippen molar-refractivity contribution in [3.63, 3.8) is 0 Å². The number of halogens is 1. The number of aliphatic hydroxyl groups is 2. The molecule has 0 amide bonds. The number of hydrogen-bond acceptors (Lipinski definition) is 4. The van der Waals surface area contributed by atoms with Crippen molar-refractivity contribution >= 4 is 11.6 Å². The highest BCUT2D eigenvalue weighted by molar-refractivity contribution is 6.33. The molecule has 0 fully saturated rings. The van der Waals surface area contributed by atoms with Gasteiger partial charge in [-0.3, -0.25) is 0 Å². The fraction of sp³-hybridized carbons (Fsp3) is 0.400. The van der Waals surface area contributed by atoms with Crippen LogP contribution in [0.2, 0.25) is 5.02 Å². The molecule has 0 aromatic heterocycles. The van der Waals surface area contributed by atoms with Gasteiger partial charge in [-0.25, -0.2) is 0 Å². The summed E-state index contributed by atoms with van der Waals surface area (Å²) in [4.78, 5) is 0. The van der Waals surface area contributed by atoms with Crippen LogP contribution in [0.25, 0.3) is 0 Å². The third-order valence-electron chi connectivity index (χ3n) is 2.05. The zero-order valence-corrected chi connectivity index (χ0v) is 9.28. The van der Waals surface area contributed by atoms with Crippen LogP contribution in [0, 0.1) is 0 Å². The van der Waals surface area contributed by atoms with E-state index < -0.39 is 12.7 Å². The lowest BCUT2D eigenvalue weighted by atomic mass is 10.1. The van der Waals surface area contributed by atoms with Crippen LogP contribution in [-0.2, 0) is 0 Å². The monoisotopic (exact) mass is 232 g/mol. The van der Waals surface area contributed by atoms with E-state index in [9.17, 15) is 5.11 Å². The highest BCUT2D eigenvalue weighted by Gasteiger charge is 2.17. The van der Waals surface area contributed by atoms with Crippen LogP contribution >= 0.6 is 11.6 Å². The Morgan fingerprint density at radius 2 is 2.00 bits per heavy atom. The third kappa shape index (κ3) is 2.34. The Bertz CT molecular complexity index is 340. The molecule has 0 saturated heterocycles. The average molecular weight is 233 g/mol. The molecule has 0 aliphatic rings. The van der Waals surface area contributed by atoms with Crippen molar-refractivity contribution in [2.24, 2.45) is 0 Å². The highest BCUT2D eigenvalue weighted by Crippen LogP contribution is 2.39. The summed E-state index contributed by atoms with van der Waals surface area (Å²) >= 11 is 5.99. The van der Waals surface area contributed by atoms with Gasteiger partial charge in [0.15, 0.2) is 11.5 Å². The second-order valence-electron chi connectivity index (χ2n) is 2.90. The first-order valence-corrected chi connectivity index (χ1v) is 4.72. The minimum Gasteiger partial charge on any atom is -0.493 e. The number of hydrogen-bond donors (Lipinski definition) is 2. The second kappa shape index (κ2) is 5.21. The van der Waals surface area contributed by atoms with Crippen LogP contribution in [0.4, 0.5) is 0 Å². The van der Waals surface area contributed by atoms with Gasteiger partial charge in [-0.15, -0.1) is 0 Å². The summed E-state index contributed by atoms with van der Waals surface area (Å²) in [6, 6.07) is 3.21. The zero-order chi connectivity index (χ0) is 11.4. The van der Waals surface area contributed by atoms with E-state index in [1.54, 1.807) is 12.1 Å². The van der Waals surface area contributed by atoms with Crippen LogP contribution in [-0.4, -0.2) is 31.0 Å². The number of methoxy groups -OCH3 is 2. The lowest BCUT2D eigenvalue weighted by molar-refractivity contribution is 0.0954. The topological polar surface area (TPSA) is 58.9 Å². The van der Waals surface area contributed by atoms with Gasteiger partial charge in [0.1, 0.15) is 6.10 Å². The molecule has 15 heavy (non-hydrogen) atoms. The molecule has 5 heteroatoms. The van der Waals surface area contributed by atoms with E-state index in [2.05, 4.69) is 0 Å². The van der Waals surface area contributed by atoms with Crippen molar-refractivity contribution in [2.75, 3.05) is 20.8 Å². The van der Waals surface area contributed by atoms with E-state index in [0.29, 0.717) is 17.1 Å². The van der Waals surface area contributed by atoms with Crippen LogP contribution in [0.5, 0.6) is 11.5 Å². The first-order valence-electron chi connectivity index (χ1n) is 4.35. The predicted molar refractivity (Wildman–Crippen MR) is 56.6 cm³/mol. The maximum Gasteiger partial charge on any atom is 0.179 e. The Labute approximate surface area is 93.0 Å². The molecule has 0 saturated carbocycles. The van der Waals surface area contributed by atoms with E-state index in [-0.39, 0.29) is 5.02 Å². The van der Waals surface area contributed by atoms with Gasteiger partial charge in [0.05, 0.1) is 25.8 Å². The van der Waals surface area contributed by atoms with Crippen molar-refractivity contribution in [2.45, 2.75) is 6.10 Å². The lowest BCUT2D eigenvalue weighted by Crippen LogP contribution is -2.04. The molecule has 0 heterocycles. The molecule has 0 radical (unpaired) electrons. The summed E-state index contributed by atoms with van der Waals surface area (Å²) < 4.78 is 10.1. The Morgan fingerprint density at radius 3 is 2.47 bits per heavy atom. The molecular formula is C10H13ClO4. The summed E-state index contributed by atoms with van der Waals surface area (Å²) in [5.41, 5.74) is 0.414. The zero-order valence-electron chi connectivity index (χ0n) is 8.53. The predicted octanol–water partition coefficient (Wildman–Crippen LogP) is 1.38. The average Bonchev–Trinajstić information content (AvgIpc) is 2.27. The van der Waals surface area contributed by atoms with Gasteiger partial charge in [0.25, 0.3) is 0 Å². The summed E-state index contributed by atoms with van der Waals surface area (Å²) in [5, 5.41) is 18.5. The molecule has 84 valence electrons. The normalized spacial score (nSPS) is 12.3. The maximum absolute atomic E-state index is 9.46. The van der Waals surface area contributed by atoms with E-state index in [1.807, 2.05) is 0 Å². The molecule has 1 unspecified atom stereocenters. The van der Waals surface area contributed by atoms with Crippen molar-refractivity contribution in [3.05, 3.63) is 22.7 Å². The lowest BCUT2D eigenvalue weighted by Gasteiger charge is -2.15. The molecule has 0 spiro atoms. The van der Waals surface area contributed by atoms with Gasteiger partial charge in [-0.05, 0) is 6.07 Å². The molecule has 2 N–H and O–H groups in total. The fourth-order valence-corrected chi connectivity index (χ4v) is 1.62. The van der Waals surface area contributed by atoms with Gasteiger partial charge in [0, 0.05) is 5.56 Å². The first kappa shape index (κ1) is 12.1. The minimum atomic E-state index is -1.02. The number of rotatable bonds is 4. The fourth-order valence-electron chi connectivity index (χ4n) is 1.26. The molecular weight excluding hydrogens is 220 g/mol. The molecule has 1 atom stereocenters. The minimum absolute atomic E-state index is 0.249. The van der Waals surface area contributed by atoms with Crippen molar-refractivity contribution < 1.29 is 19.7 Å². The van der Waals surface area contributed by atoms with Crippen LogP contribution in [0.15, 0.2) is 12.1 Å². The molecule has 0 bridgehead atoms. The summed E-state index contributed by atoms with van der Waals surface area (Å²) in [6.45, 7) is -0.394. The quantitative estimate of drug-likeness (QED) is 0.824. The number of ether oxygens (including phenoxy) is 2. The summed E-state index contributed by atoms with van der Waals surface area (Å²) in [7, 11) is 2.95. The maximum atomic E-state index is 9.46. The van der Waals surface area contributed by atoms with Crippen molar-refractivity contribution in [3.8, 4) is 11.5 Å². The smallest absolute Gasteiger partial charge is 0.179 e. The highest BCUT2D eigenvalue weighted by atomic mass is 35.5. The Hall–Kier alpha value is -0.970. The largest absolute Gasteiger partial charge is 0.493 e. The third-order valence-corrected chi connectivity index (χ3v) is 2.44. The first-order chi connectivity index (χ1) is 7.15. The molecule has 0 aliphatic carbocycles.